The van der Waals surface area contributed by atoms with Gasteiger partial charge < -0.3 is 18.9 Å². The van der Waals surface area contributed by atoms with Crippen molar-refractivity contribution in [2.75, 3.05) is 19.7 Å². The van der Waals surface area contributed by atoms with E-state index < -0.39 is 0 Å². The number of nitrogens with zero attached hydrogens (tertiary/aromatic N) is 1. The van der Waals surface area contributed by atoms with Crippen LogP contribution in [0.3, 0.4) is 0 Å². The molecule has 3 heterocycles. The van der Waals surface area contributed by atoms with E-state index in [0.29, 0.717) is 11.3 Å². The highest BCUT2D eigenvalue weighted by atomic mass is 16.7. The number of hydrogen-bond acceptors (Lipinski definition) is 4. The van der Waals surface area contributed by atoms with E-state index >= 15 is 0 Å². The molecule has 1 aromatic rings. The van der Waals surface area contributed by atoms with Gasteiger partial charge in [0.2, 0.25) is 0 Å². The Kier molecular flexibility index (Phi) is 5.27. The van der Waals surface area contributed by atoms with Gasteiger partial charge in [0.15, 0.2) is 0 Å². The van der Waals surface area contributed by atoms with Gasteiger partial charge in [-0.05, 0) is 88.6 Å². The van der Waals surface area contributed by atoms with Crippen molar-refractivity contribution < 1.29 is 18.8 Å². The van der Waals surface area contributed by atoms with E-state index in [2.05, 4.69) is 52.0 Å². The summed E-state index contributed by atoms with van der Waals surface area (Å²) in [7, 11) is -0.304. The zero-order valence-corrected chi connectivity index (χ0v) is 19.5. The van der Waals surface area contributed by atoms with Crippen LogP contribution in [0.2, 0.25) is 0 Å². The standard InChI is InChI=1S/C25H36BNO4/c1-23(2)24(3,4)31-26(30-23)20-9-7-18(8-10-20)25(13-14-25)19-11-15-27(16-12-19)22(28)21-6-5-17-29-21/h7-10,19,21H,5-6,11-17H2,1-4H3. The molecule has 1 aromatic carbocycles. The molecular formula is C25H36BNO4. The largest absolute Gasteiger partial charge is 0.494 e. The summed E-state index contributed by atoms with van der Waals surface area (Å²) in [4.78, 5) is 14.7. The number of amides is 1. The van der Waals surface area contributed by atoms with Crippen LogP contribution in [0.25, 0.3) is 0 Å². The second-order valence-corrected chi connectivity index (χ2v) is 11.0. The first kappa shape index (κ1) is 21.5. The van der Waals surface area contributed by atoms with E-state index in [-0.39, 0.29) is 30.3 Å². The van der Waals surface area contributed by atoms with Crippen LogP contribution in [0.4, 0.5) is 0 Å². The molecule has 0 radical (unpaired) electrons. The number of ether oxygens (including phenoxy) is 1. The molecule has 1 atom stereocenters. The molecule has 31 heavy (non-hydrogen) atoms. The van der Waals surface area contributed by atoms with Crippen LogP contribution in [0.1, 0.15) is 71.8 Å². The Morgan fingerprint density at radius 3 is 2.10 bits per heavy atom. The van der Waals surface area contributed by atoms with Gasteiger partial charge >= 0.3 is 7.12 Å². The first-order chi connectivity index (χ1) is 14.7. The average Bonchev–Trinajstić information content (AvgIpc) is 3.30. The summed E-state index contributed by atoms with van der Waals surface area (Å²) < 4.78 is 18.0. The van der Waals surface area contributed by atoms with E-state index in [9.17, 15) is 4.79 Å². The molecule has 168 valence electrons. The van der Waals surface area contributed by atoms with Crippen LogP contribution >= 0.6 is 0 Å². The molecule has 5 nitrogen and oxygen atoms in total. The molecule has 1 saturated carbocycles. The second kappa shape index (κ2) is 7.60. The van der Waals surface area contributed by atoms with Gasteiger partial charge in [0.1, 0.15) is 6.10 Å². The smallest absolute Gasteiger partial charge is 0.399 e. The van der Waals surface area contributed by atoms with E-state index in [1.165, 1.54) is 18.4 Å². The predicted molar refractivity (Wildman–Crippen MR) is 121 cm³/mol. The molecule has 6 heteroatoms. The molecule has 0 N–H and O–H groups in total. The molecule has 3 saturated heterocycles. The fourth-order valence-corrected chi connectivity index (χ4v) is 5.65. The van der Waals surface area contributed by atoms with Crippen LogP contribution in [0.15, 0.2) is 24.3 Å². The number of rotatable bonds is 4. The summed E-state index contributed by atoms with van der Waals surface area (Å²) in [5, 5.41) is 0. The average molecular weight is 425 g/mol. The first-order valence-corrected chi connectivity index (χ1v) is 12.1. The van der Waals surface area contributed by atoms with Crippen molar-refractivity contribution in [1.82, 2.24) is 4.90 Å². The molecule has 4 aliphatic rings. The van der Waals surface area contributed by atoms with Crippen LogP contribution < -0.4 is 5.46 Å². The van der Waals surface area contributed by atoms with E-state index in [1.807, 2.05) is 4.90 Å². The summed E-state index contributed by atoms with van der Waals surface area (Å²) in [5.74, 6) is 0.872. The van der Waals surface area contributed by atoms with Crippen molar-refractivity contribution in [1.29, 1.82) is 0 Å². The lowest BCUT2D eigenvalue weighted by atomic mass is 9.74. The van der Waals surface area contributed by atoms with Gasteiger partial charge in [0, 0.05) is 19.7 Å². The van der Waals surface area contributed by atoms with Crippen LogP contribution in [-0.2, 0) is 24.3 Å². The fourth-order valence-electron chi connectivity index (χ4n) is 5.65. The van der Waals surface area contributed by atoms with Gasteiger partial charge in [0.25, 0.3) is 5.91 Å². The lowest BCUT2D eigenvalue weighted by Crippen LogP contribution is -2.45. The maximum Gasteiger partial charge on any atom is 0.494 e. The normalized spacial score (nSPS) is 29.4. The topological polar surface area (TPSA) is 48.0 Å². The van der Waals surface area contributed by atoms with Crippen molar-refractivity contribution in [3.05, 3.63) is 29.8 Å². The minimum atomic E-state index is -0.316. The molecule has 0 aromatic heterocycles. The predicted octanol–water partition coefficient (Wildman–Crippen LogP) is 3.44. The third-order valence-corrected chi connectivity index (χ3v) is 8.59. The van der Waals surface area contributed by atoms with Crippen molar-refractivity contribution in [3.63, 3.8) is 0 Å². The Morgan fingerprint density at radius 2 is 1.58 bits per heavy atom. The number of piperidine rings is 1. The molecule has 1 aliphatic carbocycles. The van der Waals surface area contributed by atoms with Gasteiger partial charge in [-0.1, -0.05) is 24.3 Å². The summed E-state index contributed by atoms with van der Waals surface area (Å²) >= 11 is 0. The maximum absolute atomic E-state index is 12.7. The summed E-state index contributed by atoms with van der Waals surface area (Å²) in [6, 6.07) is 8.95. The van der Waals surface area contributed by atoms with Crippen LogP contribution in [0, 0.1) is 5.92 Å². The van der Waals surface area contributed by atoms with Crippen LogP contribution in [-0.4, -0.2) is 54.9 Å². The Hall–Kier alpha value is -1.37. The Labute approximate surface area is 186 Å². The molecule has 1 amide bonds. The molecule has 5 rings (SSSR count). The summed E-state index contributed by atoms with van der Waals surface area (Å²) in [5.41, 5.74) is 2.20. The van der Waals surface area contributed by atoms with Gasteiger partial charge in [-0.15, -0.1) is 0 Å². The van der Waals surface area contributed by atoms with E-state index in [1.54, 1.807) is 0 Å². The Morgan fingerprint density at radius 1 is 0.968 bits per heavy atom. The van der Waals surface area contributed by atoms with Gasteiger partial charge in [-0.2, -0.15) is 0 Å². The van der Waals surface area contributed by atoms with Gasteiger partial charge in [-0.3, -0.25) is 4.79 Å². The minimum Gasteiger partial charge on any atom is -0.399 e. The Bertz CT molecular complexity index is 802. The minimum absolute atomic E-state index is 0.186. The molecule has 1 unspecified atom stereocenters. The highest BCUT2D eigenvalue weighted by Crippen LogP contribution is 2.56. The van der Waals surface area contributed by atoms with Crippen LogP contribution in [0.5, 0.6) is 0 Å². The second-order valence-electron chi connectivity index (χ2n) is 11.0. The zero-order valence-electron chi connectivity index (χ0n) is 19.5. The highest BCUT2D eigenvalue weighted by Gasteiger charge is 2.53. The SMILES string of the molecule is CC1(C)OB(c2ccc(C3(C4CCN(C(=O)C5CCCO5)CC4)CC3)cc2)OC1(C)C. The lowest BCUT2D eigenvalue weighted by molar-refractivity contribution is -0.142. The highest BCUT2D eigenvalue weighted by molar-refractivity contribution is 6.62. The quantitative estimate of drug-likeness (QED) is 0.694. The van der Waals surface area contributed by atoms with Crippen molar-refractivity contribution >= 4 is 18.5 Å². The number of hydrogen-bond donors (Lipinski definition) is 0. The Balaban J connectivity index is 1.23. The third-order valence-electron chi connectivity index (χ3n) is 8.59. The molecule has 4 fully saturated rings. The molecule has 0 bridgehead atoms. The van der Waals surface area contributed by atoms with Crippen molar-refractivity contribution in [3.8, 4) is 0 Å². The van der Waals surface area contributed by atoms with E-state index in [4.69, 9.17) is 14.0 Å². The first-order valence-electron chi connectivity index (χ1n) is 12.1. The number of carbonyl (C=O) groups excluding carboxylic acids is 1. The number of carbonyl (C=O) groups is 1. The van der Waals surface area contributed by atoms with E-state index in [0.717, 1.165) is 50.8 Å². The van der Waals surface area contributed by atoms with Gasteiger partial charge in [-0.25, -0.2) is 0 Å². The molecular weight excluding hydrogens is 389 g/mol. The lowest BCUT2D eigenvalue weighted by Gasteiger charge is -2.37. The molecule has 3 aliphatic heterocycles. The van der Waals surface area contributed by atoms with Crippen molar-refractivity contribution in [2.45, 2.75) is 88.9 Å². The van der Waals surface area contributed by atoms with Gasteiger partial charge in [0.05, 0.1) is 11.2 Å². The zero-order chi connectivity index (χ0) is 21.9. The number of likely N-dealkylation sites (tertiary alicyclic amines) is 1. The maximum atomic E-state index is 12.7. The fraction of sp³-hybridized carbons (Fsp3) is 0.720. The monoisotopic (exact) mass is 425 g/mol. The summed E-state index contributed by atoms with van der Waals surface area (Å²) in [6.45, 7) is 10.9. The summed E-state index contributed by atoms with van der Waals surface area (Å²) in [6.07, 6.45) is 6.42. The third kappa shape index (κ3) is 3.75. The molecule has 0 spiro atoms. The number of benzene rings is 1. The van der Waals surface area contributed by atoms with Crippen molar-refractivity contribution in [2.24, 2.45) is 5.92 Å².